The first kappa shape index (κ1) is 21.9. The fraction of sp³-hybridized carbons (Fsp3) is 0.250. The maximum absolute atomic E-state index is 12.7. The molecule has 158 valence electrons. The Balaban J connectivity index is 1.82. The van der Waals surface area contributed by atoms with Crippen molar-refractivity contribution in [1.29, 1.82) is 0 Å². The molecule has 3 aromatic rings. The fourth-order valence-electron chi connectivity index (χ4n) is 3.05. The van der Waals surface area contributed by atoms with Gasteiger partial charge in [0.25, 0.3) is 5.56 Å². The van der Waals surface area contributed by atoms with Crippen molar-refractivity contribution in [3.8, 4) is 0 Å². The van der Waals surface area contributed by atoms with Crippen LogP contribution in [0.1, 0.15) is 13.8 Å². The minimum atomic E-state index is -3.65. The summed E-state index contributed by atoms with van der Waals surface area (Å²) in [6.45, 7) is 3.93. The van der Waals surface area contributed by atoms with E-state index in [4.69, 9.17) is 11.6 Å². The Morgan fingerprint density at radius 3 is 2.60 bits per heavy atom. The predicted octanol–water partition coefficient (Wildman–Crippen LogP) is 2.72. The predicted molar refractivity (Wildman–Crippen MR) is 116 cm³/mol. The van der Waals surface area contributed by atoms with Gasteiger partial charge in [-0.1, -0.05) is 31.5 Å². The quantitative estimate of drug-likeness (QED) is 0.598. The Hall–Kier alpha value is -2.75. The number of benzene rings is 2. The standard InChI is InChI=1S/C20H21ClN4O4S/c1-3-25(4-2)30(28,29)16-7-5-6-15(11-16)23-19(26)12-24-13-22-18-9-8-14(21)10-17(18)20(24)27/h5-11,13H,3-4,12H2,1-2H3,(H,23,26). The van der Waals surface area contributed by atoms with Gasteiger partial charge in [-0.3, -0.25) is 14.2 Å². The molecule has 30 heavy (non-hydrogen) atoms. The van der Waals surface area contributed by atoms with Gasteiger partial charge in [0.2, 0.25) is 15.9 Å². The van der Waals surface area contributed by atoms with Gasteiger partial charge >= 0.3 is 0 Å². The third-order valence-corrected chi connectivity index (χ3v) is 6.84. The van der Waals surface area contributed by atoms with Gasteiger partial charge in [0.15, 0.2) is 0 Å². The zero-order chi connectivity index (χ0) is 21.9. The van der Waals surface area contributed by atoms with Crippen LogP contribution in [0.3, 0.4) is 0 Å². The summed E-state index contributed by atoms with van der Waals surface area (Å²) in [5.41, 5.74) is 0.406. The van der Waals surface area contributed by atoms with E-state index in [0.717, 1.165) is 0 Å². The number of halogens is 1. The van der Waals surface area contributed by atoms with Crippen LogP contribution in [0.25, 0.3) is 10.9 Å². The van der Waals surface area contributed by atoms with Crippen molar-refractivity contribution in [3.63, 3.8) is 0 Å². The molecule has 1 N–H and O–H groups in total. The number of hydrogen-bond donors (Lipinski definition) is 1. The van der Waals surface area contributed by atoms with Crippen molar-refractivity contribution in [2.45, 2.75) is 25.3 Å². The molecule has 0 saturated carbocycles. The molecule has 0 atom stereocenters. The van der Waals surface area contributed by atoms with E-state index in [9.17, 15) is 18.0 Å². The SMILES string of the molecule is CCN(CC)S(=O)(=O)c1cccc(NC(=O)Cn2cnc3ccc(Cl)cc3c2=O)c1. The second kappa shape index (κ2) is 8.95. The molecule has 8 nitrogen and oxygen atoms in total. The van der Waals surface area contributed by atoms with Gasteiger partial charge in [0.05, 0.1) is 22.1 Å². The first-order valence-corrected chi connectivity index (χ1v) is 11.1. The van der Waals surface area contributed by atoms with Gasteiger partial charge in [0, 0.05) is 23.8 Å². The van der Waals surface area contributed by atoms with Gasteiger partial charge in [0.1, 0.15) is 6.54 Å². The van der Waals surface area contributed by atoms with E-state index in [1.165, 1.54) is 33.4 Å². The second-order valence-electron chi connectivity index (χ2n) is 6.50. The number of fused-ring (bicyclic) bond motifs is 1. The Labute approximate surface area is 179 Å². The summed E-state index contributed by atoms with van der Waals surface area (Å²) < 4.78 is 27.8. The summed E-state index contributed by atoms with van der Waals surface area (Å²) in [6, 6.07) is 10.8. The van der Waals surface area contributed by atoms with E-state index in [1.54, 1.807) is 38.1 Å². The lowest BCUT2D eigenvalue weighted by Crippen LogP contribution is -2.30. The van der Waals surface area contributed by atoms with Crippen LogP contribution in [0, 0.1) is 0 Å². The van der Waals surface area contributed by atoms with E-state index in [1.807, 2.05) is 0 Å². The van der Waals surface area contributed by atoms with Crippen molar-refractivity contribution < 1.29 is 13.2 Å². The third-order valence-electron chi connectivity index (χ3n) is 4.56. The molecule has 0 aliphatic heterocycles. The molecule has 1 heterocycles. The van der Waals surface area contributed by atoms with Crippen LogP contribution < -0.4 is 10.9 Å². The van der Waals surface area contributed by atoms with Crippen LogP contribution in [-0.4, -0.2) is 41.3 Å². The molecule has 0 aliphatic rings. The molecule has 1 amide bonds. The lowest BCUT2D eigenvalue weighted by atomic mass is 10.2. The highest BCUT2D eigenvalue weighted by Crippen LogP contribution is 2.19. The van der Waals surface area contributed by atoms with Gasteiger partial charge in [-0.05, 0) is 36.4 Å². The first-order valence-electron chi connectivity index (χ1n) is 9.31. The average molecular weight is 449 g/mol. The number of carbonyl (C=O) groups excluding carboxylic acids is 1. The Morgan fingerprint density at radius 1 is 1.17 bits per heavy atom. The lowest BCUT2D eigenvalue weighted by Gasteiger charge is -2.18. The molecule has 0 spiro atoms. The number of amides is 1. The van der Waals surface area contributed by atoms with Gasteiger partial charge in [-0.2, -0.15) is 4.31 Å². The minimum Gasteiger partial charge on any atom is -0.324 e. The number of nitrogens with zero attached hydrogens (tertiary/aromatic N) is 3. The lowest BCUT2D eigenvalue weighted by molar-refractivity contribution is -0.116. The highest BCUT2D eigenvalue weighted by Gasteiger charge is 2.22. The molecule has 0 saturated heterocycles. The summed E-state index contributed by atoms with van der Waals surface area (Å²) in [5, 5.41) is 3.34. The van der Waals surface area contributed by atoms with E-state index in [2.05, 4.69) is 10.3 Å². The molecule has 3 rings (SSSR count). The summed E-state index contributed by atoms with van der Waals surface area (Å²) in [5.74, 6) is -0.488. The molecule has 0 fully saturated rings. The Kier molecular flexibility index (Phi) is 6.55. The molecular weight excluding hydrogens is 428 g/mol. The molecule has 0 aliphatic carbocycles. The highest BCUT2D eigenvalue weighted by molar-refractivity contribution is 7.89. The molecule has 0 radical (unpaired) electrons. The molecule has 10 heteroatoms. The van der Waals surface area contributed by atoms with E-state index in [0.29, 0.717) is 34.7 Å². The maximum atomic E-state index is 12.7. The molecule has 0 bridgehead atoms. The van der Waals surface area contributed by atoms with Crippen molar-refractivity contribution in [3.05, 3.63) is 64.2 Å². The van der Waals surface area contributed by atoms with E-state index >= 15 is 0 Å². The summed E-state index contributed by atoms with van der Waals surface area (Å²) in [7, 11) is -3.65. The number of aromatic nitrogens is 2. The van der Waals surface area contributed by atoms with Crippen LogP contribution in [0.15, 0.2) is 58.5 Å². The number of rotatable bonds is 7. The molecule has 0 unspecified atom stereocenters. The van der Waals surface area contributed by atoms with E-state index < -0.39 is 21.5 Å². The van der Waals surface area contributed by atoms with Crippen molar-refractivity contribution >= 4 is 44.1 Å². The van der Waals surface area contributed by atoms with Crippen LogP contribution in [0.2, 0.25) is 5.02 Å². The molecule has 1 aromatic heterocycles. The summed E-state index contributed by atoms with van der Waals surface area (Å²) >= 11 is 5.94. The summed E-state index contributed by atoms with van der Waals surface area (Å²) in [4.78, 5) is 29.3. The third kappa shape index (κ3) is 4.53. The molecule has 2 aromatic carbocycles. The van der Waals surface area contributed by atoms with Gasteiger partial charge in [-0.25, -0.2) is 13.4 Å². The van der Waals surface area contributed by atoms with Crippen LogP contribution in [0.4, 0.5) is 5.69 Å². The maximum Gasteiger partial charge on any atom is 0.261 e. The topological polar surface area (TPSA) is 101 Å². The van der Waals surface area contributed by atoms with Crippen LogP contribution in [-0.2, 0) is 21.4 Å². The van der Waals surface area contributed by atoms with Crippen LogP contribution in [0.5, 0.6) is 0 Å². The Bertz CT molecular complexity index is 1250. The van der Waals surface area contributed by atoms with Crippen molar-refractivity contribution in [2.24, 2.45) is 0 Å². The number of hydrogen-bond acceptors (Lipinski definition) is 5. The monoisotopic (exact) mass is 448 g/mol. The zero-order valence-corrected chi connectivity index (χ0v) is 18.1. The second-order valence-corrected chi connectivity index (χ2v) is 8.88. The van der Waals surface area contributed by atoms with Gasteiger partial charge in [-0.15, -0.1) is 0 Å². The van der Waals surface area contributed by atoms with Crippen molar-refractivity contribution in [1.82, 2.24) is 13.9 Å². The normalized spacial score (nSPS) is 11.7. The number of sulfonamides is 1. The molecular formula is C20H21ClN4O4S. The smallest absolute Gasteiger partial charge is 0.261 e. The average Bonchev–Trinajstić information content (AvgIpc) is 2.71. The van der Waals surface area contributed by atoms with Gasteiger partial charge < -0.3 is 5.32 Å². The largest absolute Gasteiger partial charge is 0.324 e. The summed E-state index contributed by atoms with van der Waals surface area (Å²) in [6.07, 6.45) is 1.29. The zero-order valence-electron chi connectivity index (χ0n) is 16.5. The highest BCUT2D eigenvalue weighted by atomic mass is 35.5. The number of anilines is 1. The Morgan fingerprint density at radius 2 is 1.90 bits per heavy atom. The minimum absolute atomic E-state index is 0.0863. The van der Waals surface area contributed by atoms with E-state index in [-0.39, 0.29) is 11.4 Å². The number of nitrogens with one attached hydrogen (secondary N) is 1. The van der Waals surface area contributed by atoms with Crippen LogP contribution >= 0.6 is 11.6 Å². The van der Waals surface area contributed by atoms with Crippen molar-refractivity contribution in [2.75, 3.05) is 18.4 Å². The first-order chi connectivity index (χ1) is 14.3. The number of carbonyl (C=O) groups is 1. The fourth-order valence-corrected chi connectivity index (χ4v) is 4.72.